The normalized spacial score (nSPS) is 29.7. The van der Waals surface area contributed by atoms with Crippen molar-refractivity contribution in [2.75, 3.05) is 24.7 Å². The molecule has 9 heteroatoms. The van der Waals surface area contributed by atoms with E-state index < -0.39 is 41.1 Å². The number of hydrogen-bond donors (Lipinski definition) is 1. The van der Waals surface area contributed by atoms with E-state index in [1.165, 1.54) is 9.80 Å². The number of unbranched alkanes of at least 4 members (excludes halogenated alkanes) is 2. The van der Waals surface area contributed by atoms with Crippen molar-refractivity contribution in [1.82, 2.24) is 4.90 Å². The van der Waals surface area contributed by atoms with Gasteiger partial charge in [0.1, 0.15) is 17.6 Å². The van der Waals surface area contributed by atoms with Gasteiger partial charge in [-0.15, -0.1) is 13.2 Å². The summed E-state index contributed by atoms with van der Waals surface area (Å²) in [4.78, 5) is 45.1. The average Bonchev–Trinajstić information content (AvgIpc) is 3.47. The number of fused-ring (bicyclic) bond motifs is 1. The molecule has 8 nitrogen and oxygen atoms in total. The van der Waals surface area contributed by atoms with E-state index in [9.17, 15) is 19.5 Å². The van der Waals surface area contributed by atoms with Crippen LogP contribution in [-0.2, 0) is 23.9 Å². The van der Waals surface area contributed by atoms with Crippen LogP contribution in [0.25, 0.3) is 0 Å². The fourth-order valence-corrected chi connectivity index (χ4v) is 7.07. The van der Waals surface area contributed by atoms with Gasteiger partial charge in [0.25, 0.3) is 5.91 Å². The van der Waals surface area contributed by atoms with Crippen LogP contribution in [0, 0.1) is 18.8 Å². The highest BCUT2D eigenvalue weighted by Gasteiger charge is 2.79. The number of allylic oxidation sites excluding steroid dienone is 1. The minimum Gasteiger partial charge on any atom is -0.465 e. The number of carbonyl (C=O) groups excluding carboxylic acids is 3. The molecule has 0 aliphatic carbocycles. The van der Waals surface area contributed by atoms with Crippen LogP contribution in [0.15, 0.2) is 43.5 Å². The Hall–Kier alpha value is -2.68. The first kappa shape index (κ1) is 29.3. The van der Waals surface area contributed by atoms with Crippen molar-refractivity contribution in [1.29, 1.82) is 0 Å². The zero-order chi connectivity index (χ0) is 28.5. The Balaban J connectivity index is 1.74. The van der Waals surface area contributed by atoms with Crippen molar-refractivity contribution in [3.05, 3.63) is 54.1 Å². The Bertz CT molecular complexity index is 1140. The number of halogens is 1. The number of hydrogen-bond acceptors (Lipinski definition) is 6. The summed E-state index contributed by atoms with van der Waals surface area (Å²) in [5.74, 6) is -2.98. The van der Waals surface area contributed by atoms with Gasteiger partial charge in [0.2, 0.25) is 5.91 Å². The number of esters is 1. The summed E-state index contributed by atoms with van der Waals surface area (Å²) < 4.78 is 12.3. The second-order valence-electron chi connectivity index (χ2n) is 11.1. The van der Waals surface area contributed by atoms with Gasteiger partial charge in [0.15, 0.2) is 0 Å². The molecule has 3 aliphatic heterocycles. The van der Waals surface area contributed by atoms with E-state index in [1.54, 1.807) is 19.1 Å². The molecular formula is C30H39ClN2O6. The number of aliphatic hydroxyl groups is 1. The number of rotatable bonds is 12. The smallest absolute Gasteiger partial charge is 0.312 e. The first-order valence-electron chi connectivity index (χ1n) is 13.7. The maximum Gasteiger partial charge on any atom is 0.312 e. The Labute approximate surface area is 235 Å². The van der Waals surface area contributed by atoms with Crippen LogP contribution >= 0.6 is 11.6 Å². The van der Waals surface area contributed by atoms with E-state index in [2.05, 4.69) is 13.2 Å². The molecule has 0 radical (unpaired) electrons. The number of benzene rings is 1. The number of aryl methyl sites for hydroxylation is 1. The monoisotopic (exact) mass is 558 g/mol. The standard InChI is InChI=1S/C30H39ClN2O6/c1-6-8-9-10-17-38-28(37)23-22-26(35)33(20(4)18-34)25(30(22)15-14-29(23,5)39-30)27(36)32(16-7-2)24-19(3)12-11-13-21(24)31/h6-7,11-13,20,22-23,25,34H,1-2,8-10,14-18H2,3-5H3/t20-,22+,23+,25?,29-,30?/m1/s1. The number of anilines is 1. The van der Waals surface area contributed by atoms with Crippen LogP contribution in [0.4, 0.5) is 5.69 Å². The number of amides is 2. The fourth-order valence-electron chi connectivity index (χ4n) is 6.75. The molecule has 3 saturated heterocycles. The molecule has 4 rings (SSSR count). The summed E-state index contributed by atoms with van der Waals surface area (Å²) in [6, 6.07) is 3.65. The van der Waals surface area contributed by atoms with Crippen molar-refractivity contribution in [3.63, 3.8) is 0 Å². The molecule has 1 aromatic carbocycles. The molecule has 39 heavy (non-hydrogen) atoms. The second kappa shape index (κ2) is 11.4. The van der Waals surface area contributed by atoms with Crippen molar-refractivity contribution in [2.24, 2.45) is 11.8 Å². The molecule has 2 bridgehead atoms. The highest BCUT2D eigenvalue weighted by Crippen LogP contribution is 2.63. The summed E-state index contributed by atoms with van der Waals surface area (Å²) in [6.07, 6.45) is 6.72. The SMILES string of the molecule is C=CCCCCOC(=O)[C@@H]1[C@H]2C(=O)N([C@H](C)CO)C(C(=O)N(CC=C)c3c(C)cccc3Cl)C23CC[C@@]1(C)O3. The topological polar surface area (TPSA) is 96.4 Å². The van der Waals surface area contributed by atoms with Gasteiger partial charge >= 0.3 is 5.97 Å². The number of ether oxygens (including phenoxy) is 2. The van der Waals surface area contributed by atoms with Crippen LogP contribution in [0.5, 0.6) is 0 Å². The van der Waals surface area contributed by atoms with E-state index >= 15 is 0 Å². The molecule has 0 aromatic heterocycles. The molecule has 1 spiro atoms. The quantitative estimate of drug-likeness (QED) is 0.234. The lowest BCUT2D eigenvalue weighted by molar-refractivity contribution is -0.160. The van der Waals surface area contributed by atoms with E-state index in [0.717, 1.165) is 18.4 Å². The van der Waals surface area contributed by atoms with E-state index in [1.807, 2.05) is 32.1 Å². The van der Waals surface area contributed by atoms with E-state index in [0.29, 0.717) is 30.0 Å². The van der Waals surface area contributed by atoms with Crippen molar-refractivity contribution in [3.8, 4) is 0 Å². The molecular weight excluding hydrogens is 520 g/mol. The minimum atomic E-state index is -1.23. The number of nitrogens with zero attached hydrogens (tertiary/aromatic N) is 2. The predicted molar refractivity (Wildman–Crippen MR) is 149 cm³/mol. The van der Waals surface area contributed by atoms with Crippen LogP contribution in [-0.4, -0.2) is 70.8 Å². The summed E-state index contributed by atoms with van der Waals surface area (Å²) >= 11 is 6.57. The summed E-state index contributed by atoms with van der Waals surface area (Å²) in [5, 5.41) is 10.5. The van der Waals surface area contributed by atoms with E-state index in [4.69, 9.17) is 21.1 Å². The highest BCUT2D eigenvalue weighted by atomic mass is 35.5. The molecule has 3 heterocycles. The van der Waals surface area contributed by atoms with Gasteiger partial charge < -0.3 is 24.4 Å². The summed E-state index contributed by atoms with van der Waals surface area (Å²) in [6.45, 7) is 13.0. The lowest BCUT2D eigenvalue weighted by Gasteiger charge is -2.39. The van der Waals surface area contributed by atoms with Crippen molar-refractivity contribution >= 4 is 35.1 Å². The van der Waals surface area contributed by atoms with Gasteiger partial charge in [0, 0.05) is 6.54 Å². The third-order valence-electron chi connectivity index (χ3n) is 8.52. The summed E-state index contributed by atoms with van der Waals surface area (Å²) in [7, 11) is 0. The van der Waals surface area contributed by atoms with E-state index in [-0.39, 0.29) is 31.6 Å². The Morgan fingerprint density at radius 1 is 1.31 bits per heavy atom. The number of para-hydroxylation sites is 1. The molecule has 6 atom stereocenters. The molecule has 212 valence electrons. The lowest BCUT2D eigenvalue weighted by Crippen LogP contribution is -2.58. The zero-order valence-electron chi connectivity index (χ0n) is 23.0. The summed E-state index contributed by atoms with van der Waals surface area (Å²) in [5.41, 5.74) is -0.843. The van der Waals surface area contributed by atoms with Crippen molar-refractivity contribution < 1.29 is 29.0 Å². The highest BCUT2D eigenvalue weighted by molar-refractivity contribution is 6.34. The third kappa shape index (κ3) is 4.81. The molecule has 0 saturated carbocycles. The van der Waals surface area contributed by atoms with Crippen LogP contribution in [0.1, 0.15) is 51.5 Å². The second-order valence-corrected chi connectivity index (χ2v) is 11.5. The molecule has 1 N–H and O–H groups in total. The molecule has 3 fully saturated rings. The fraction of sp³-hybridized carbons (Fsp3) is 0.567. The number of carbonyl (C=O) groups is 3. The maximum atomic E-state index is 14.5. The van der Waals surface area contributed by atoms with Gasteiger partial charge in [0.05, 0.1) is 41.5 Å². The lowest BCUT2D eigenvalue weighted by atomic mass is 9.66. The Morgan fingerprint density at radius 3 is 2.69 bits per heavy atom. The van der Waals surface area contributed by atoms with Gasteiger partial charge in [-0.25, -0.2) is 0 Å². The first-order valence-corrected chi connectivity index (χ1v) is 14.0. The Morgan fingerprint density at radius 2 is 2.05 bits per heavy atom. The van der Waals surface area contributed by atoms with Gasteiger partial charge in [-0.3, -0.25) is 14.4 Å². The largest absolute Gasteiger partial charge is 0.465 e. The number of likely N-dealkylation sites (tertiary alicyclic amines) is 1. The minimum absolute atomic E-state index is 0.156. The zero-order valence-corrected chi connectivity index (χ0v) is 23.8. The molecule has 2 unspecified atom stereocenters. The Kier molecular flexibility index (Phi) is 8.59. The van der Waals surface area contributed by atoms with Gasteiger partial charge in [-0.2, -0.15) is 0 Å². The van der Waals surface area contributed by atoms with Crippen molar-refractivity contribution in [2.45, 2.75) is 76.2 Å². The molecule has 1 aromatic rings. The maximum absolute atomic E-state index is 14.5. The number of aliphatic hydroxyl groups excluding tert-OH is 1. The average molecular weight is 559 g/mol. The van der Waals surface area contributed by atoms with Crippen LogP contribution < -0.4 is 4.90 Å². The first-order chi connectivity index (χ1) is 18.6. The van der Waals surface area contributed by atoms with Gasteiger partial charge in [-0.05, 0) is 64.5 Å². The molecule has 3 aliphatic rings. The predicted octanol–water partition coefficient (Wildman–Crippen LogP) is 4.21. The van der Waals surface area contributed by atoms with Crippen LogP contribution in [0.2, 0.25) is 5.02 Å². The third-order valence-corrected chi connectivity index (χ3v) is 8.83. The van der Waals surface area contributed by atoms with Crippen LogP contribution in [0.3, 0.4) is 0 Å². The van der Waals surface area contributed by atoms with Gasteiger partial charge in [-0.1, -0.05) is 35.9 Å². The molecule has 2 amide bonds.